The topological polar surface area (TPSA) is 110 Å². The monoisotopic (exact) mass is 375 g/mol. The van der Waals surface area contributed by atoms with E-state index in [9.17, 15) is 14.4 Å². The molecule has 0 aromatic heterocycles. The van der Waals surface area contributed by atoms with Crippen molar-refractivity contribution in [1.82, 2.24) is 0 Å². The molecule has 143 valence electrons. The summed E-state index contributed by atoms with van der Waals surface area (Å²) >= 11 is 1.75. The van der Waals surface area contributed by atoms with Gasteiger partial charge < -0.3 is 19.7 Å². The van der Waals surface area contributed by atoms with E-state index in [1.165, 1.54) is 14.2 Å². The van der Waals surface area contributed by atoms with Crippen LogP contribution in [0.1, 0.15) is 25.7 Å². The number of thioether (sulfide) groups is 1. The number of carboxylic acids is 1. The Bertz CT molecular complexity index is 417. The molecule has 7 nitrogen and oxygen atoms in total. The van der Waals surface area contributed by atoms with Crippen LogP contribution < -0.4 is 0 Å². The smallest absolute Gasteiger partial charge is 0.309 e. The summed E-state index contributed by atoms with van der Waals surface area (Å²) in [5.41, 5.74) is 0. The second kappa shape index (κ2) is 14.0. The van der Waals surface area contributed by atoms with Crippen LogP contribution in [-0.4, -0.2) is 69.9 Å². The summed E-state index contributed by atoms with van der Waals surface area (Å²) < 4.78 is 8.97. The van der Waals surface area contributed by atoms with Crippen molar-refractivity contribution >= 4 is 38.1 Å². The SMILES string of the molecule is COC(=O)[C@@H]1CC[C@H]1C(=O)O.COC(=O)[C@@H]1CC[C@H]1CO.CSC.[B]. The third-order valence-corrected chi connectivity index (χ3v) is 4.25. The predicted octanol–water partition coefficient (Wildman–Crippen LogP) is 1.05. The van der Waals surface area contributed by atoms with Gasteiger partial charge in [0, 0.05) is 15.0 Å². The van der Waals surface area contributed by atoms with Crippen molar-refractivity contribution in [1.29, 1.82) is 0 Å². The van der Waals surface area contributed by atoms with Crippen LogP contribution in [0.25, 0.3) is 0 Å². The van der Waals surface area contributed by atoms with Gasteiger partial charge in [0.15, 0.2) is 0 Å². The van der Waals surface area contributed by atoms with Crippen LogP contribution in [-0.2, 0) is 23.9 Å². The molecule has 3 radical (unpaired) electrons. The highest BCUT2D eigenvalue weighted by molar-refractivity contribution is 7.97. The molecule has 0 aromatic rings. The lowest BCUT2D eigenvalue weighted by Crippen LogP contribution is -2.38. The second-order valence-corrected chi connectivity index (χ2v) is 6.53. The highest BCUT2D eigenvalue weighted by Crippen LogP contribution is 2.35. The minimum atomic E-state index is -0.897. The van der Waals surface area contributed by atoms with E-state index in [1.54, 1.807) is 11.8 Å². The molecule has 0 spiro atoms. The highest BCUT2D eigenvalue weighted by Gasteiger charge is 2.42. The largest absolute Gasteiger partial charge is 0.481 e. The Kier molecular flexibility index (Phi) is 14.6. The predicted molar refractivity (Wildman–Crippen MR) is 96.4 cm³/mol. The zero-order valence-electron chi connectivity index (χ0n) is 15.3. The molecular formula is C16H28BO7S. The standard InChI is InChI=1S/C7H10O4.C7H12O3.C2H6S.B/c1-11-7(10)5-3-2-4(5)6(8)9;1-10-7(9)6-3-2-5(6)4-8;1-3-2;/h4-5H,2-3H2,1H3,(H,8,9);5-6,8H,2-4H2,1H3;1-2H3;/t4-,5-;5-,6+;;/m10../s1. The van der Waals surface area contributed by atoms with Crippen LogP contribution in [0.2, 0.25) is 0 Å². The summed E-state index contributed by atoms with van der Waals surface area (Å²) in [4.78, 5) is 32.1. The Morgan fingerprint density at radius 1 is 0.920 bits per heavy atom. The lowest BCUT2D eigenvalue weighted by Gasteiger charge is -2.32. The first-order valence-electron chi connectivity index (χ1n) is 7.77. The summed E-state index contributed by atoms with van der Waals surface area (Å²) in [6.07, 6.45) is 7.15. The fourth-order valence-corrected chi connectivity index (χ4v) is 2.48. The lowest BCUT2D eigenvalue weighted by molar-refractivity contribution is -0.162. The van der Waals surface area contributed by atoms with Crippen LogP contribution in [0.3, 0.4) is 0 Å². The van der Waals surface area contributed by atoms with Crippen LogP contribution in [0.5, 0.6) is 0 Å². The first-order valence-corrected chi connectivity index (χ1v) is 9.40. The highest BCUT2D eigenvalue weighted by atomic mass is 32.2. The van der Waals surface area contributed by atoms with Crippen molar-refractivity contribution in [2.45, 2.75) is 25.7 Å². The molecule has 0 aliphatic heterocycles. The average molecular weight is 375 g/mol. The summed E-state index contributed by atoms with van der Waals surface area (Å²) in [7, 11) is 2.66. The molecule has 2 saturated carbocycles. The molecule has 0 aromatic carbocycles. The Labute approximate surface area is 155 Å². The molecule has 2 N–H and O–H groups in total. The molecule has 2 aliphatic carbocycles. The van der Waals surface area contributed by atoms with E-state index in [2.05, 4.69) is 9.47 Å². The van der Waals surface area contributed by atoms with Gasteiger partial charge in [0.05, 0.1) is 32.0 Å². The molecule has 4 atom stereocenters. The van der Waals surface area contributed by atoms with Gasteiger partial charge in [0.2, 0.25) is 0 Å². The first kappa shape index (κ1) is 26.0. The van der Waals surface area contributed by atoms with Crippen LogP contribution in [0.15, 0.2) is 0 Å². The van der Waals surface area contributed by atoms with E-state index in [1.807, 2.05) is 12.5 Å². The number of carbonyl (C=O) groups is 3. The molecule has 2 rings (SSSR count). The zero-order valence-corrected chi connectivity index (χ0v) is 16.1. The van der Waals surface area contributed by atoms with Gasteiger partial charge in [-0.25, -0.2) is 0 Å². The fourth-order valence-electron chi connectivity index (χ4n) is 2.48. The quantitative estimate of drug-likeness (QED) is 0.554. The number of carbonyl (C=O) groups excluding carboxylic acids is 2. The van der Waals surface area contributed by atoms with Crippen molar-refractivity contribution in [3.05, 3.63) is 0 Å². The fraction of sp³-hybridized carbons (Fsp3) is 0.812. The van der Waals surface area contributed by atoms with Crippen molar-refractivity contribution in [3.8, 4) is 0 Å². The number of carboxylic acid groups (broad SMARTS) is 1. The van der Waals surface area contributed by atoms with Crippen molar-refractivity contribution < 1.29 is 34.1 Å². The summed E-state index contributed by atoms with van der Waals surface area (Å²) in [5, 5.41) is 17.2. The number of ether oxygens (including phenoxy) is 2. The zero-order chi connectivity index (χ0) is 18.7. The van der Waals surface area contributed by atoms with E-state index in [0.29, 0.717) is 12.8 Å². The molecule has 0 saturated heterocycles. The first-order chi connectivity index (χ1) is 11.4. The molecule has 25 heavy (non-hydrogen) atoms. The maximum absolute atomic E-state index is 10.8. The average Bonchev–Trinajstić information content (AvgIpc) is 2.46. The minimum absolute atomic E-state index is 0. The van der Waals surface area contributed by atoms with E-state index >= 15 is 0 Å². The number of methoxy groups -OCH3 is 2. The lowest BCUT2D eigenvalue weighted by atomic mass is 9.74. The number of aliphatic hydroxyl groups excluding tert-OH is 1. The minimum Gasteiger partial charge on any atom is -0.481 e. The number of esters is 2. The van der Waals surface area contributed by atoms with Gasteiger partial charge in [0.1, 0.15) is 0 Å². The van der Waals surface area contributed by atoms with E-state index in [-0.39, 0.29) is 32.8 Å². The second-order valence-electron chi connectivity index (χ2n) is 5.71. The van der Waals surface area contributed by atoms with Gasteiger partial charge in [0.25, 0.3) is 0 Å². The maximum atomic E-state index is 10.8. The number of aliphatic hydroxyl groups is 1. The van der Waals surface area contributed by atoms with Crippen LogP contribution in [0, 0.1) is 23.7 Å². The van der Waals surface area contributed by atoms with E-state index in [0.717, 1.165) is 12.8 Å². The molecular weight excluding hydrogens is 347 g/mol. The Hall–Kier alpha value is -1.22. The maximum Gasteiger partial charge on any atom is 0.309 e. The summed E-state index contributed by atoms with van der Waals surface area (Å²) in [5.74, 6) is -2.26. The molecule has 0 amide bonds. The Morgan fingerprint density at radius 2 is 1.32 bits per heavy atom. The van der Waals surface area contributed by atoms with Gasteiger partial charge in [-0.05, 0) is 44.1 Å². The molecule has 0 bridgehead atoms. The number of rotatable bonds is 4. The summed E-state index contributed by atoms with van der Waals surface area (Å²) in [6.45, 7) is 0.111. The summed E-state index contributed by atoms with van der Waals surface area (Å²) in [6, 6.07) is 0. The number of aliphatic carboxylic acids is 1. The van der Waals surface area contributed by atoms with Gasteiger partial charge in [-0.2, -0.15) is 11.8 Å². The third kappa shape index (κ3) is 8.14. The van der Waals surface area contributed by atoms with Crippen molar-refractivity contribution in [2.24, 2.45) is 23.7 Å². The van der Waals surface area contributed by atoms with Crippen molar-refractivity contribution in [3.63, 3.8) is 0 Å². The Morgan fingerprint density at radius 3 is 1.56 bits per heavy atom. The van der Waals surface area contributed by atoms with Gasteiger partial charge in [-0.1, -0.05) is 0 Å². The molecule has 9 heteroatoms. The Balaban J connectivity index is 0. The van der Waals surface area contributed by atoms with Gasteiger partial charge in [-0.15, -0.1) is 0 Å². The molecule has 2 aliphatic rings. The van der Waals surface area contributed by atoms with Gasteiger partial charge in [-0.3, -0.25) is 14.4 Å². The third-order valence-electron chi connectivity index (χ3n) is 4.25. The van der Waals surface area contributed by atoms with E-state index < -0.39 is 23.8 Å². The van der Waals surface area contributed by atoms with E-state index in [4.69, 9.17) is 10.2 Å². The van der Waals surface area contributed by atoms with Crippen LogP contribution in [0.4, 0.5) is 0 Å². The number of hydrogen-bond acceptors (Lipinski definition) is 7. The van der Waals surface area contributed by atoms with Gasteiger partial charge >= 0.3 is 17.9 Å². The van der Waals surface area contributed by atoms with Crippen molar-refractivity contribution in [2.75, 3.05) is 33.3 Å². The molecule has 0 heterocycles. The van der Waals surface area contributed by atoms with Crippen LogP contribution >= 0.6 is 11.8 Å². The number of hydrogen-bond donors (Lipinski definition) is 2. The molecule has 2 fully saturated rings. The molecule has 0 unspecified atom stereocenters. The normalized spacial score (nSPS) is 25.8.